The summed E-state index contributed by atoms with van der Waals surface area (Å²) in [6, 6.07) is 15.6. The second-order valence-electron chi connectivity index (χ2n) is 6.68. The van der Waals surface area contributed by atoms with Gasteiger partial charge in [-0.05, 0) is 29.8 Å². The summed E-state index contributed by atoms with van der Waals surface area (Å²) < 4.78 is 6.87. The van der Waals surface area contributed by atoms with E-state index in [0.29, 0.717) is 22.2 Å². The summed E-state index contributed by atoms with van der Waals surface area (Å²) >= 11 is 5.90. The lowest BCUT2D eigenvalue weighted by atomic mass is 10.0. The van der Waals surface area contributed by atoms with Crippen LogP contribution in [-0.2, 0) is 20.9 Å². The molecule has 2 amide bonds. The summed E-state index contributed by atoms with van der Waals surface area (Å²) in [5.74, 6) is -0.0694. The first-order chi connectivity index (χ1) is 14.1. The number of amides is 2. The van der Waals surface area contributed by atoms with E-state index in [0.717, 1.165) is 11.1 Å². The molecule has 1 aliphatic heterocycles. The predicted octanol–water partition coefficient (Wildman–Crippen LogP) is 3.87. The zero-order chi connectivity index (χ0) is 20.4. The van der Waals surface area contributed by atoms with Gasteiger partial charge in [-0.25, -0.2) is 4.68 Å². The average molecular weight is 411 g/mol. The van der Waals surface area contributed by atoms with Crippen LogP contribution >= 0.6 is 11.6 Å². The molecular formula is C21H19ClN4O3. The van der Waals surface area contributed by atoms with E-state index in [4.69, 9.17) is 16.3 Å². The number of ether oxygens (including phenoxy) is 1. The van der Waals surface area contributed by atoms with Crippen molar-refractivity contribution in [3.05, 3.63) is 65.3 Å². The minimum Gasteiger partial charge on any atom is -0.378 e. The number of methoxy groups -OCH3 is 1. The summed E-state index contributed by atoms with van der Waals surface area (Å²) in [6.07, 6.45) is -0.00520. The van der Waals surface area contributed by atoms with Gasteiger partial charge in [-0.2, -0.15) is 5.10 Å². The number of halogens is 1. The van der Waals surface area contributed by atoms with E-state index in [9.17, 15) is 9.59 Å². The molecule has 8 heteroatoms. The summed E-state index contributed by atoms with van der Waals surface area (Å²) in [4.78, 5) is 25.4. The van der Waals surface area contributed by atoms with E-state index in [-0.39, 0.29) is 24.8 Å². The second kappa shape index (κ2) is 8.06. The zero-order valence-electron chi connectivity index (χ0n) is 15.7. The number of rotatable bonds is 5. The molecule has 0 saturated carbocycles. The van der Waals surface area contributed by atoms with E-state index >= 15 is 0 Å². The van der Waals surface area contributed by atoms with Gasteiger partial charge in [0.15, 0.2) is 0 Å². The summed E-state index contributed by atoms with van der Waals surface area (Å²) in [6.45, 7) is 0.256. The van der Waals surface area contributed by atoms with Crippen molar-refractivity contribution in [3.63, 3.8) is 0 Å². The average Bonchev–Trinajstić information content (AvgIpc) is 3.07. The number of nitrogens with zero attached hydrogens (tertiary/aromatic N) is 2. The molecule has 0 spiro atoms. The molecule has 2 N–H and O–H groups in total. The number of aromatic nitrogens is 2. The van der Waals surface area contributed by atoms with Crippen molar-refractivity contribution < 1.29 is 14.3 Å². The van der Waals surface area contributed by atoms with E-state index in [2.05, 4.69) is 15.7 Å². The van der Waals surface area contributed by atoms with Crippen molar-refractivity contribution in [1.82, 2.24) is 9.78 Å². The molecular weight excluding hydrogens is 392 g/mol. The van der Waals surface area contributed by atoms with Gasteiger partial charge in [0.1, 0.15) is 11.9 Å². The Kier molecular flexibility index (Phi) is 5.33. The highest BCUT2D eigenvalue weighted by molar-refractivity contribution is 6.30. The van der Waals surface area contributed by atoms with Gasteiger partial charge in [-0.1, -0.05) is 41.9 Å². The predicted molar refractivity (Wildman–Crippen MR) is 111 cm³/mol. The standard InChI is InChI=1S/C21H19ClN4O3/c1-29-12-16-19(13-5-3-2-4-6-13)20-24-18(27)11-17(26(20)25-16)21(28)23-15-9-7-14(22)8-10-15/h2-10,17H,11-12H2,1H3,(H,23,28)(H,24,27)/t17-/m1/s1. The molecule has 2 heterocycles. The fraction of sp³-hybridized carbons (Fsp3) is 0.190. The van der Waals surface area contributed by atoms with Crippen LogP contribution in [-0.4, -0.2) is 28.7 Å². The molecule has 148 valence electrons. The zero-order valence-corrected chi connectivity index (χ0v) is 16.4. The molecule has 0 saturated heterocycles. The van der Waals surface area contributed by atoms with Crippen molar-refractivity contribution >= 4 is 34.9 Å². The lowest BCUT2D eigenvalue weighted by Crippen LogP contribution is -2.35. The van der Waals surface area contributed by atoms with Gasteiger partial charge in [-0.15, -0.1) is 0 Å². The van der Waals surface area contributed by atoms with Crippen molar-refractivity contribution in [1.29, 1.82) is 0 Å². The second-order valence-corrected chi connectivity index (χ2v) is 7.11. The van der Waals surface area contributed by atoms with Gasteiger partial charge in [0.25, 0.3) is 0 Å². The smallest absolute Gasteiger partial charge is 0.249 e. The highest BCUT2D eigenvalue weighted by atomic mass is 35.5. The highest BCUT2D eigenvalue weighted by Gasteiger charge is 2.35. The first-order valence-corrected chi connectivity index (χ1v) is 9.46. The van der Waals surface area contributed by atoms with Crippen molar-refractivity contribution in [2.45, 2.75) is 19.1 Å². The Labute approximate surface area is 172 Å². The van der Waals surface area contributed by atoms with Crippen LogP contribution in [0.4, 0.5) is 11.5 Å². The fourth-order valence-corrected chi connectivity index (χ4v) is 3.51. The Morgan fingerprint density at radius 1 is 1.24 bits per heavy atom. The molecule has 0 unspecified atom stereocenters. The lowest BCUT2D eigenvalue weighted by molar-refractivity contribution is -0.125. The van der Waals surface area contributed by atoms with Crippen LogP contribution in [0.2, 0.25) is 5.02 Å². The first kappa shape index (κ1) is 19.2. The van der Waals surface area contributed by atoms with E-state index < -0.39 is 6.04 Å². The van der Waals surface area contributed by atoms with Gasteiger partial charge >= 0.3 is 0 Å². The number of anilines is 2. The molecule has 1 aromatic heterocycles. The minimum absolute atomic E-state index is 0.00520. The summed E-state index contributed by atoms with van der Waals surface area (Å²) in [5, 5.41) is 10.9. The van der Waals surface area contributed by atoms with Crippen LogP contribution in [0.1, 0.15) is 18.2 Å². The van der Waals surface area contributed by atoms with Crippen molar-refractivity contribution in [2.24, 2.45) is 0 Å². The largest absolute Gasteiger partial charge is 0.378 e. The molecule has 29 heavy (non-hydrogen) atoms. The monoisotopic (exact) mass is 410 g/mol. The fourth-order valence-electron chi connectivity index (χ4n) is 3.38. The van der Waals surface area contributed by atoms with E-state index in [1.165, 1.54) is 0 Å². The number of carbonyl (C=O) groups is 2. The van der Waals surface area contributed by atoms with Gasteiger partial charge < -0.3 is 15.4 Å². The maximum absolute atomic E-state index is 13.0. The molecule has 3 aromatic rings. The third-order valence-corrected chi connectivity index (χ3v) is 4.92. The molecule has 2 aromatic carbocycles. The molecule has 4 rings (SSSR count). The number of benzene rings is 2. The van der Waals surface area contributed by atoms with Gasteiger partial charge in [0.2, 0.25) is 11.8 Å². The van der Waals surface area contributed by atoms with E-state index in [1.54, 1.807) is 36.1 Å². The third kappa shape index (κ3) is 3.87. The SMILES string of the molecule is COCc1nn2c(c1-c1ccccc1)NC(=O)C[C@@H]2C(=O)Nc1ccc(Cl)cc1. The quantitative estimate of drug-likeness (QED) is 0.668. The van der Waals surface area contributed by atoms with Gasteiger partial charge in [0, 0.05) is 23.4 Å². The number of nitrogens with one attached hydrogen (secondary N) is 2. The molecule has 0 bridgehead atoms. The van der Waals surface area contributed by atoms with Gasteiger partial charge in [0.05, 0.1) is 18.7 Å². The molecule has 0 aliphatic carbocycles. The molecule has 0 fully saturated rings. The van der Waals surface area contributed by atoms with Crippen LogP contribution in [0.3, 0.4) is 0 Å². The van der Waals surface area contributed by atoms with Crippen LogP contribution < -0.4 is 10.6 Å². The number of hydrogen-bond donors (Lipinski definition) is 2. The van der Waals surface area contributed by atoms with E-state index in [1.807, 2.05) is 30.3 Å². The van der Waals surface area contributed by atoms with Crippen molar-refractivity contribution in [2.75, 3.05) is 17.7 Å². The van der Waals surface area contributed by atoms with Crippen LogP contribution in [0.25, 0.3) is 11.1 Å². The molecule has 1 aliphatic rings. The highest BCUT2D eigenvalue weighted by Crippen LogP contribution is 2.37. The van der Waals surface area contributed by atoms with Crippen LogP contribution in [0.5, 0.6) is 0 Å². The maximum atomic E-state index is 13.0. The minimum atomic E-state index is -0.775. The number of fused-ring (bicyclic) bond motifs is 1. The van der Waals surface area contributed by atoms with Crippen LogP contribution in [0, 0.1) is 0 Å². The molecule has 0 radical (unpaired) electrons. The number of carbonyl (C=O) groups excluding carboxylic acids is 2. The Balaban J connectivity index is 1.73. The Morgan fingerprint density at radius 2 is 1.97 bits per heavy atom. The lowest BCUT2D eigenvalue weighted by Gasteiger charge is -2.24. The van der Waals surface area contributed by atoms with Gasteiger partial charge in [-0.3, -0.25) is 9.59 Å². The normalized spacial score (nSPS) is 15.5. The first-order valence-electron chi connectivity index (χ1n) is 9.09. The summed E-state index contributed by atoms with van der Waals surface area (Å²) in [5.41, 5.74) is 2.89. The maximum Gasteiger partial charge on any atom is 0.249 e. The topological polar surface area (TPSA) is 85.2 Å². The molecule has 7 nitrogen and oxygen atoms in total. The number of hydrogen-bond acceptors (Lipinski definition) is 4. The Morgan fingerprint density at radius 3 is 2.66 bits per heavy atom. The molecule has 1 atom stereocenters. The third-order valence-electron chi connectivity index (χ3n) is 4.67. The van der Waals surface area contributed by atoms with Crippen LogP contribution in [0.15, 0.2) is 54.6 Å². The summed E-state index contributed by atoms with van der Waals surface area (Å²) in [7, 11) is 1.58. The van der Waals surface area contributed by atoms with Crippen molar-refractivity contribution in [3.8, 4) is 11.1 Å². The Bertz CT molecular complexity index is 1050. The Hall–Kier alpha value is -3.16.